The monoisotopic (exact) mass is 549 g/mol. The highest BCUT2D eigenvalue weighted by Gasteiger charge is 2.53. The van der Waals surface area contributed by atoms with E-state index in [1.165, 1.54) is 0 Å². The Hall–Kier alpha value is -2.39. The van der Waals surface area contributed by atoms with Crippen molar-refractivity contribution in [1.82, 2.24) is 9.97 Å². The molecule has 4 heterocycles. The topological polar surface area (TPSA) is 118 Å². The summed E-state index contributed by atoms with van der Waals surface area (Å²) < 4.78 is 49.2. The van der Waals surface area contributed by atoms with E-state index < -0.39 is 20.7 Å². The minimum atomic E-state index is -3.80. The van der Waals surface area contributed by atoms with Gasteiger partial charge in [-0.2, -0.15) is 0 Å². The summed E-state index contributed by atoms with van der Waals surface area (Å²) in [5.74, 6) is 1.45. The number of likely N-dealkylation sites (N-methyl/N-ethyl adjacent to an activating group) is 2. The average molecular weight is 550 g/mol. The van der Waals surface area contributed by atoms with Gasteiger partial charge in [0, 0.05) is 50.0 Å². The second-order valence-corrected chi connectivity index (χ2v) is 13.8. The van der Waals surface area contributed by atoms with Gasteiger partial charge in [-0.3, -0.25) is 9.13 Å². The number of benzene rings is 1. The zero-order valence-electron chi connectivity index (χ0n) is 21.0. The number of hydrogen-bond acceptors (Lipinski definition) is 10. The summed E-state index contributed by atoms with van der Waals surface area (Å²) in [5.41, 5.74) is 0.638. The first-order valence-corrected chi connectivity index (χ1v) is 15.6. The van der Waals surface area contributed by atoms with E-state index in [1.807, 2.05) is 56.6 Å². The summed E-state index contributed by atoms with van der Waals surface area (Å²) in [5, 5.41) is 4.03. The number of aromatic amines is 1. The summed E-state index contributed by atoms with van der Waals surface area (Å²) in [4.78, 5) is 12.0. The molecule has 0 aliphatic carbocycles. The molecule has 37 heavy (non-hydrogen) atoms. The molecule has 200 valence electrons. The number of nitrogens with zero attached hydrogens (tertiary/aromatic N) is 3. The van der Waals surface area contributed by atoms with E-state index in [-0.39, 0.29) is 26.4 Å². The first-order valence-electron chi connectivity index (χ1n) is 12.4. The quantitative estimate of drug-likeness (QED) is 0.350. The molecule has 0 saturated carbocycles. The van der Waals surface area contributed by atoms with Gasteiger partial charge >= 0.3 is 15.2 Å². The second-order valence-electron chi connectivity index (χ2n) is 9.12. The Labute approximate surface area is 216 Å². The summed E-state index contributed by atoms with van der Waals surface area (Å²) in [6.07, 6.45) is 3.02. The Balaban J connectivity index is 1.32. The van der Waals surface area contributed by atoms with Gasteiger partial charge in [-0.15, -0.1) is 0 Å². The van der Waals surface area contributed by atoms with Crippen molar-refractivity contribution >= 4 is 43.4 Å². The lowest BCUT2D eigenvalue weighted by molar-refractivity contribution is 0.128. The van der Waals surface area contributed by atoms with Gasteiger partial charge in [-0.25, -0.2) is 4.98 Å². The van der Waals surface area contributed by atoms with Gasteiger partial charge < -0.3 is 38.2 Å². The molecule has 2 fully saturated rings. The Morgan fingerprint density at radius 2 is 1.57 bits per heavy atom. The largest absolute Gasteiger partial charge is 0.373 e. The van der Waals surface area contributed by atoms with E-state index >= 15 is 0 Å². The summed E-state index contributed by atoms with van der Waals surface area (Å²) in [6, 6.07) is 13.8. The van der Waals surface area contributed by atoms with Crippen LogP contribution in [0.25, 0.3) is 10.9 Å². The number of H-pyrrole nitrogens is 1. The SMILES string of the molecule is CN(CCN(C)c1ccccn1)c1ccc2cc(NC(P3(=O)OCCCO3)P3(=O)OCCCO3)[nH]c2c1. The minimum Gasteiger partial charge on any atom is -0.373 e. The molecule has 1 aromatic carbocycles. The van der Waals surface area contributed by atoms with Crippen LogP contribution < -0.4 is 15.1 Å². The predicted molar refractivity (Wildman–Crippen MR) is 145 cm³/mol. The van der Waals surface area contributed by atoms with E-state index in [1.54, 1.807) is 6.20 Å². The number of hydrogen-bond donors (Lipinski definition) is 2. The third-order valence-electron chi connectivity index (χ3n) is 6.40. The molecule has 0 atom stereocenters. The standard InChI is InChI=1S/C24H33N5O6P2/c1-28(11-12-29(2)23-7-3-4-10-25-23)20-9-8-19-17-22(26-21(19)18-20)27-24(36(30)32-13-5-14-33-36)37(31)34-15-6-16-35-37/h3-4,7-10,17-18,24,26-27H,5-6,11-16H2,1-2H3. The molecular weight excluding hydrogens is 516 g/mol. The van der Waals surface area contributed by atoms with Gasteiger partial charge in [0.2, 0.25) is 5.52 Å². The molecule has 0 amide bonds. The fourth-order valence-electron chi connectivity index (χ4n) is 4.27. The average Bonchev–Trinajstić information content (AvgIpc) is 3.33. The summed E-state index contributed by atoms with van der Waals surface area (Å²) >= 11 is 0. The van der Waals surface area contributed by atoms with Crippen molar-refractivity contribution in [2.24, 2.45) is 0 Å². The number of aromatic nitrogens is 2. The molecule has 13 heteroatoms. The molecule has 5 rings (SSSR count). The van der Waals surface area contributed by atoms with Crippen LogP contribution >= 0.6 is 15.2 Å². The molecule has 2 saturated heterocycles. The summed E-state index contributed by atoms with van der Waals surface area (Å²) in [7, 11) is -3.53. The van der Waals surface area contributed by atoms with Crippen LogP contribution in [0.1, 0.15) is 12.8 Å². The molecule has 3 aromatic rings. The number of pyridine rings is 1. The Morgan fingerprint density at radius 3 is 2.19 bits per heavy atom. The third-order valence-corrected chi connectivity index (χ3v) is 11.7. The van der Waals surface area contributed by atoms with Gasteiger partial charge in [0.1, 0.15) is 11.6 Å². The van der Waals surface area contributed by atoms with Crippen molar-refractivity contribution in [1.29, 1.82) is 0 Å². The van der Waals surface area contributed by atoms with Gasteiger partial charge in [0.25, 0.3) is 0 Å². The zero-order valence-corrected chi connectivity index (χ0v) is 22.8. The van der Waals surface area contributed by atoms with Crippen LogP contribution in [-0.4, -0.2) is 69.1 Å². The summed E-state index contributed by atoms with van der Waals surface area (Å²) in [6.45, 7) is 2.62. The highest BCUT2D eigenvalue weighted by Crippen LogP contribution is 2.71. The van der Waals surface area contributed by atoms with Crippen molar-refractivity contribution in [3.63, 3.8) is 0 Å². The van der Waals surface area contributed by atoms with Crippen molar-refractivity contribution in [3.05, 3.63) is 48.7 Å². The molecule has 2 aliphatic rings. The van der Waals surface area contributed by atoms with Crippen molar-refractivity contribution in [3.8, 4) is 0 Å². The van der Waals surface area contributed by atoms with E-state index in [0.29, 0.717) is 18.7 Å². The van der Waals surface area contributed by atoms with E-state index in [9.17, 15) is 9.13 Å². The van der Waals surface area contributed by atoms with E-state index in [2.05, 4.69) is 25.1 Å². The van der Waals surface area contributed by atoms with Crippen molar-refractivity contribution in [2.45, 2.75) is 18.4 Å². The predicted octanol–water partition coefficient (Wildman–Crippen LogP) is 5.09. The number of rotatable bonds is 9. The normalized spacial score (nSPS) is 19.1. The van der Waals surface area contributed by atoms with Gasteiger partial charge in [0.15, 0.2) is 0 Å². The smallest absolute Gasteiger partial charge is 0.365 e. The van der Waals surface area contributed by atoms with Crippen LogP contribution in [0.3, 0.4) is 0 Å². The molecule has 2 N–H and O–H groups in total. The van der Waals surface area contributed by atoms with Crippen molar-refractivity contribution < 1.29 is 27.2 Å². The highest BCUT2D eigenvalue weighted by molar-refractivity contribution is 7.73. The van der Waals surface area contributed by atoms with Gasteiger partial charge in [-0.1, -0.05) is 12.1 Å². The van der Waals surface area contributed by atoms with Crippen LogP contribution in [0, 0.1) is 0 Å². The first kappa shape index (κ1) is 26.2. The maximum Gasteiger partial charge on any atom is 0.365 e. The van der Waals surface area contributed by atoms with Crippen LogP contribution in [0.5, 0.6) is 0 Å². The van der Waals surface area contributed by atoms with E-state index in [4.69, 9.17) is 18.1 Å². The Bertz CT molecular complexity index is 1250. The first-order chi connectivity index (χ1) is 17.9. The molecule has 2 aromatic heterocycles. The van der Waals surface area contributed by atoms with Crippen LogP contribution in [0.2, 0.25) is 0 Å². The lowest BCUT2D eigenvalue weighted by Crippen LogP contribution is -2.31. The van der Waals surface area contributed by atoms with Crippen molar-refractivity contribution in [2.75, 3.05) is 68.7 Å². The maximum absolute atomic E-state index is 13.6. The molecule has 11 nitrogen and oxygen atoms in total. The molecule has 0 bridgehead atoms. The number of fused-ring (bicyclic) bond motifs is 1. The molecular formula is C24H33N5O6P2. The van der Waals surface area contributed by atoms with Crippen LogP contribution in [-0.2, 0) is 27.2 Å². The molecule has 0 radical (unpaired) electrons. The zero-order chi connectivity index (χ0) is 25.9. The van der Waals surface area contributed by atoms with Gasteiger partial charge in [0.05, 0.1) is 26.4 Å². The number of anilines is 3. The Kier molecular flexibility index (Phi) is 7.91. The Morgan fingerprint density at radius 1 is 0.919 bits per heavy atom. The van der Waals surface area contributed by atoms with Crippen LogP contribution in [0.4, 0.5) is 17.3 Å². The lowest BCUT2D eigenvalue weighted by Gasteiger charge is -2.35. The third kappa shape index (κ3) is 5.87. The fourth-order valence-corrected chi connectivity index (χ4v) is 9.29. The fraction of sp³-hybridized carbons (Fsp3) is 0.458. The minimum absolute atomic E-state index is 0.257. The maximum atomic E-state index is 13.6. The van der Waals surface area contributed by atoms with Crippen LogP contribution in [0.15, 0.2) is 48.7 Å². The highest BCUT2D eigenvalue weighted by atomic mass is 31.2. The lowest BCUT2D eigenvalue weighted by atomic mass is 10.2. The second kappa shape index (κ2) is 11.2. The van der Waals surface area contributed by atoms with E-state index in [0.717, 1.165) is 35.5 Å². The molecule has 0 unspecified atom stereocenters. The molecule has 0 spiro atoms. The van der Waals surface area contributed by atoms with Gasteiger partial charge in [-0.05, 0) is 43.2 Å². The number of nitrogens with one attached hydrogen (secondary N) is 2. The molecule has 2 aliphatic heterocycles.